The third kappa shape index (κ3) is 9.08. The van der Waals surface area contributed by atoms with Crippen LogP contribution in [0.1, 0.15) is 38.8 Å². The summed E-state index contributed by atoms with van der Waals surface area (Å²) in [5.41, 5.74) is 2.15. The van der Waals surface area contributed by atoms with Gasteiger partial charge in [-0.25, -0.2) is 23.6 Å². The van der Waals surface area contributed by atoms with E-state index in [0.29, 0.717) is 16.7 Å². The molecule has 0 aromatic heterocycles. The lowest BCUT2D eigenvalue weighted by atomic mass is 10.0. The minimum atomic E-state index is -0.750. The Labute approximate surface area is 260 Å². The summed E-state index contributed by atoms with van der Waals surface area (Å²) in [5.74, 6) is -3.60. The predicted octanol–water partition coefficient (Wildman–Crippen LogP) is 7.59. The maximum atomic E-state index is 15.3. The summed E-state index contributed by atoms with van der Waals surface area (Å²) < 4.78 is 36.6. The molecule has 0 N–H and O–H groups in total. The highest BCUT2D eigenvalue weighted by Crippen LogP contribution is 2.35. The lowest BCUT2D eigenvalue weighted by molar-refractivity contribution is -0.132. The van der Waals surface area contributed by atoms with Crippen LogP contribution in [-0.2, 0) is 19.2 Å². The van der Waals surface area contributed by atoms with Crippen LogP contribution >= 0.6 is 0 Å². The largest absolute Gasteiger partial charge is 0.419 e. The topological polar surface area (TPSA) is 105 Å². The Kier molecular flexibility index (Phi) is 10.9. The van der Waals surface area contributed by atoms with Gasteiger partial charge < -0.3 is 18.9 Å². The second-order valence-electron chi connectivity index (χ2n) is 10.1. The highest BCUT2D eigenvalue weighted by molar-refractivity contribution is 5.92. The number of halogens is 1. The van der Waals surface area contributed by atoms with Crippen LogP contribution in [0.25, 0.3) is 23.3 Å². The summed E-state index contributed by atoms with van der Waals surface area (Å²) in [6.07, 6.45) is 3.28. The van der Waals surface area contributed by atoms with E-state index in [4.69, 9.17) is 18.9 Å². The number of hydrogen-bond acceptors (Lipinski definition) is 8. The number of hydrogen-bond donors (Lipinski definition) is 0. The van der Waals surface area contributed by atoms with Crippen LogP contribution in [0, 0.1) is 5.82 Å². The second-order valence-corrected chi connectivity index (χ2v) is 10.1. The van der Waals surface area contributed by atoms with Crippen molar-refractivity contribution in [3.8, 4) is 34.1 Å². The summed E-state index contributed by atoms with van der Waals surface area (Å²) in [5, 5.41) is 0. The van der Waals surface area contributed by atoms with Crippen LogP contribution in [0.3, 0.4) is 0 Å². The Morgan fingerprint density at radius 1 is 0.533 bits per heavy atom. The Balaban J connectivity index is 1.92. The molecule has 0 spiro atoms. The fraction of sp³-hybridized carbons (Fsp3) is 0.111. The van der Waals surface area contributed by atoms with Crippen molar-refractivity contribution in [3.63, 3.8) is 0 Å². The molecule has 8 nitrogen and oxygen atoms in total. The number of benzene rings is 3. The van der Waals surface area contributed by atoms with Crippen molar-refractivity contribution in [1.29, 1.82) is 0 Å². The monoisotopic (exact) mass is 610 g/mol. The minimum absolute atomic E-state index is 0.0122. The van der Waals surface area contributed by atoms with Gasteiger partial charge in [0.05, 0.1) is 0 Å². The molecule has 230 valence electrons. The van der Waals surface area contributed by atoms with E-state index in [1.165, 1.54) is 70.2 Å². The molecule has 3 aromatic rings. The van der Waals surface area contributed by atoms with Gasteiger partial charge in [-0.3, -0.25) is 0 Å². The van der Waals surface area contributed by atoms with Crippen LogP contribution in [-0.4, -0.2) is 23.9 Å². The van der Waals surface area contributed by atoms with Crippen LogP contribution in [0.5, 0.6) is 23.0 Å². The van der Waals surface area contributed by atoms with Gasteiger partial charge in [-0.05, 0) is 74.7 Å². The van der Waals surface area contributed by atoms with Gasteiger partial charge in [-0.2, -0.15) is 0 Å². The van der Waals surface area contributed by atoms with Gasteiger partial charge in [0.25, 0.3) is 0 Å². The highest BCUT2D eigenvalue weighted by Gasteiger charge is 2.18. The quantitative estimate of drug-likeness (QED) is 0.0947. The SMILES string of the molecule is C=C(C)C(=O)Oc1ccc(/C=C/c2ccc(-c3ccc(OC(=O)C(=C)C)c(OC(=O)C(=C)C)c3)c(F)c2)cc1OC(=O)C(=C)C. The Hall–Kier alpha value is -5.83. The molecular weight excluding hydrogens is 579 g/mol. The number of carbonyl (C=O) groups excluding carboxylic acids is 4. The summed E-state index contributed by atoms with van der Waals surface area (Å²) in [7, 11) is 0. The summed E-state index contributed by atoms with van der Waals surface area (Å²) >= 11 is 0. The van der Waals surface area contributed by atoms with Gasteiger partial charge in [-0.1, -0.05) is 62.7 Å². The van der Waals surface area contributed by atoms with Crippen LogP contribution in [0.2, 0.25) is 0 Å². The molecule has 3 rings (SSSR count). The third-order valence-corrected chi connectivity index (χ3v) is 5.89. The van der Waals surface area contributed by atoms with Gasteiger partial charge in [0.15, 0.2) is 23.0 Å². The fourth-order valence-electron chi connectivity index (χ4n) is 3.44. The van der Waals surface area contributed by atoms with Crippen molar-refractivity contribution >= 4 is 36.0 Å². The fourth-order valence-corrected chi connectivity index (χ4v) is 3.44. The number of rotatable bonds is 11. The summed E-state index contributed by atoms with van der Waals surface area (Å²) in [4.78, 5) is 48.5. The predicted molar refractivity (Wildman–Crippen MR) is 169 cm³/mol. The molecule has 0 bridgehead atoms. The zero-order chi connectivity index (χ0) is 33.4. The molecule has 0 fully saturated rings. The number of carbonyl (C=O) groups is 4. The van der Waals surface area contributed by atoms with Crippen molar-refractivity contribution in [2.45, 2.75) is 27.7 Å². The lowest BCUT2D eigenvalue weighted by Crippen LogP contribution is -2.12. The molecule has 3 aromatic carbocycles. The van der Waals surface area contributed by atoms with Crippen molar-refractivity contribution in [2.75, 3.05) is 0 Å². The van der Waals surface area contributed by atoms with E-state index in [2.05, 4.69) is 26.3 Å². The van der Waals surface area contributed by atoms with E-state index in [9.17, 15) is 19.2 Å². The Bertz CT molecular complexity index is 1790. The molecule has 0 radical (unpaired) electrons. The van der Waals surface area contributed by atoms with Gasteiger partial charge >= 0.3 is 23.9 Å². The van der Waals surface area contributed by atoms with Crippen molar-refractivity contribution < 1.29 is 42.5 Å². The van der Waals surface area contributed by atoms with Crippen molar-refractivity contribution in [2.24, 2.45) is 0 Å². The zero-order valence-corrected chi connectivity index (χ0v) is 25.3. The zero-order valence-electron chi connectivity index (χ0n) is 25.3. The molecule has 0 aliphatic rings. The van der Waals surface area contributed by atoms with E-state index in [1.54, 1.807) is 24.3 Å². The molecule has 45 heavy (non-hydrogen) atoms. The molecule has 0 unspecified atom stereocenters. The first-order valence-corrected chi connectivity index (χ1v) is 13.4. The first-order valence-electron chi connectivity index (χ1n) is 13.4. The molecule has 0 saturated heterocycles. The molecule has 0 saturated carbocycles. The molecule has 9 heteroatoms. The molecular formula is C36H31FO8. The standard InChI is InChI=1S/C36H31FO8/c1-20(2)33(38)42-29-15-12-25(18-31(29)44-35(40)22(5)6)10-9-24-11-14-27(28(37)17-24)26-13-16-30(43-34(39)21(3)4)32(19-26)45-36(41)23(7)8/h9-19H,1,3,5,7H2,2,4,6,8H3/b10-9+. The van der Waals surface area contributed by atoms with Crippen molar-refractivity contribution in [3.05, 3.63) is 120 Å². The minimum Gasteiger partial charge on any atom is -0.419 e. The van der Waals surface area contributed by atoms with Gasteiger partial charge in [0.2, 0.25) is 0 Å². The Morgan fingerprint density at radius 3 is 1.36 bits per heavy atom. The van der Waals surface area contributed by atoms with Gasteiger partial charge in [-0.15, -0.1) is 0 Å². The maximum Gasteiger partial charge on any atom is 0.338 e. The van der Waals surface area contributed by atoms with Crippen LogP contribution < -0.4 is 18.9 Å². The molecule has 0 heterocycles. The van der Waals surface area contributed by atoms with Crippen molar-refractivity contribution in [1.82, 2.24) is 0 Å². The van der Waals surface area contributed by atoms with Crippen LogP contribution in [0.4, 0.5) is 4.39 Å². The maximum absolute atomic E-state index is 15.3. The third-order valence-electron chi connectivity index (χ3n) is 5.89. The summed E-state index contributed by atoms with van der Waals surface area (Å²) in [6.45, 7) is 20.1. The molecule has 0 aliphatic carbocycles. The smallest absolute Gasteiger partial charge is 0.338 e. The normalized spacial score (nSPS) is 10.5. The Morgan fingerprint density at radius 2 is 0.911 bits per heavy atom. The van der Waals surface area contributed by atoms with E-state index in [-0.39, 0.29) is 50.9 Å². The second kappa shape index (κ2) is 14.6. The van der Waals surface area contributed by atoms with E-state index >= 15 is 4.39 Å². The van der Waals surface area contributed by atoms with Gasteiger partial charge in [0, 0.05) is 27.9 Å². The van der Waals surface area contributed by atoms with Gasteiger partial charge in [0.1, 0.15) is 5.82 Å². The average Bonchev–Trinajstić information content (AvgIpc) is 2.97. The molecule has 0 amide bonds. The highest BCUT2D eigenvalue weighted by atomic mass is 19.1. The summed E-state index contributed by atoms with van der Waals surface area (Å²) in [6, 6.07) is 13.3. The number of ether oxygens (including phenoxy) is 4. The van der Waals surface area contributed by atoms with E-state index in [1.807, 2.05) is 0 Å². The van der Waals surface area contributed by atoms with E-state index in [0.717, 1.165) is 0 Å². The molecule has 0 atom stereocenters. The van der Waals surface area contributed by atoms with E-state index < -0.39 is 29.7 Å². The van der Waals surface area contributed by atoms with Crippen LogP contribution in [0.15, 0.2) is 103 Å². The average molecular weight is 611 g/mol. The first kappa shape index (κ1) is 33.7. The lowest BCUT2D eigenvalue weighted by Gasteiger charge is -2.13. The number of esters is 4. The first-order chi connectivity index (χ1) is 21.2. The molecule has 0 aliphatic heterocycles.